The highest BCUT2D eigenvalue weighted by Gasteiger charge is 2.30. The summed E-state index contributed by atoms with van der Waals surface area (Å²) in [6.07, 6.45) is -0.849. The fraction of sp³-hybridized carbons (Fsp3) is 0.100. The molecule has 1 aliphatic heterocycles. The minimum atomic E-state index is -1.67. The van der Waals surface area contributed by atoms with Crippen LogP contribution in [0.25, 0.3) is 5.57 Å². The Morgan fingerprint density at radius 2 is 2.06 bits per heavy atom. The maximum Gasteiger partial charge on any atom is 0.333 e. The maximum atomic E-state index is 13.5. The van der Waals surface area contributed by atoms with Crippen LogP contribution in [-0.2, 0) is 9.53 Å². The lowest BCUT2D eigenvalue weighted by Crippen LogP contribution is -2.11. The standard InChI is InChI=1S/C10H5ClF2O3/c11-5-1-2-6(12)8(9(5)13)4-3-7(14)16-10(4)15/h1-3,10,15H. The fourth-order valence-corrected chi connectivity index (χ4v) is 1.55. The molecule has 1 heterocycles. The number of rotatable bonds is 1. The molecule has 1 aromatic carbocycles. The van der Waals surface area contributed by atoms with E-state index in [0.29, 0.717) is 0 Å². The minimum Gasteiger partial charge on any atom is -0.428 e. The van der Waals surface area contributed by atoms with Gasteiger partial charge in [-0.1, -0.05) is 11.6 Å². The van der Waals surface area contributed by atoms with Gasteiger partial charge in [0, 0.05) is 11.6 Å². The molecule has 16 heavy (non-hydrogen) atoms. The third-order valence-electron chi connectivity index (χ3n) is 2.10. The van der Waals surface area contributed by atoms with Crippen molar-refractivity contribution in [2.75, 3.05) is 0 Å². The molecule has 0 amide bonds. The van der Waals surface area contributed by atoms with Crippen molar-refractivity contribution < 1.29 is 23.4 Å². The van der Waals surface area contributed by atoms with Crippen molar-refractivity contribution in [2.45, 2.75) is 6.29 Å². The second kappa shape index (κ2) is 3.84. The Bertz CT molecular complexity index is 499. The Labute approximate surface area is 93.9 Å². The SMILES string of the molecule is O=C1C=C(c2c(F)ccc(Cl)c2F)C(O)O1. The summed E-state index contributed by atoms with van der Waals surface area (Å²) in [7, 11) is 0. The number of benzene rings is 1. The smallest absolute Gasteiger partial charge is 0.333 e. The quantitative estimate of drug-likeness (QED) is 0.608. The van der Waals surface area contributed by atoms with E-state index in [1.165, 1.54) is 0 Å². The van der Waals surface area contributed by atoms with Crippen LogP contribution in [0, 0.1) is 11.6 Å². The molecule has 0 saturated heterocycles. The number of cyclic esters (lactones) is 1. The first kappa shape index (κ1) is 11.0. The highest BCUT2D eigenvalue weighted by Crippen LogP contribution is 2.31. The maximum absolute atomic E-state index is 13.5. The van der Waals surface area contributed by atoms with Crippen LogP contribution in [0.4, 0.5) is 8.78 Å². The van der Waals surface area contributed by atoms with E-state index >= 15 is 0 Å². The van der Waals surface area contributed by atoms with Gasteiger partial charge in [-0.25, -0.2) is 13.6 Å². The Balaban J connectivity index is 2.60. The van der Waals surface area contributed by atoms with Crippen LogP contribution in [0.2, 0.25) is 5.02 Å². The second-order valence-electron chi connectivity index (χ2n) is 3.11. The van der Waals surface area contributed by atoms with Crippen molar-refractivity contribution in [3.63, 3.8) is 0 Å². The summed E-state index contributed by atoms with van der Waals surface area (Å²) in [5, 5.41) is 8.96. The van der Waals surface area contributed by atoms with E-state index in [1.807, 2.05) is 0 Å². The molecule has 1 atom stereocenters. The molecule has 3 nitrogen and oxygen atoms in total. The van der Waals surface area contributed by atoms with E-state index in [0.717, 1.165) is 18.2 Å². The number of carbonyl (C=O) groups excluding carboxylic acids is 1. The normalized spacial score (nSPS) is 19.6. The monoisotopic (exact) mass is 246 g/mol. The highest BCUT2D eigenvalue weighted by atomic mass is 35.5. The van der Waals surface area contributed by atoms with Crippen molar-refractivity contribution in [3.05, 3.63) is 40.4 Å². The molecular weight excluding hydrogens is 242 g/mol. The van der Waals surface area contributed by atoms with Crippen molar-refractivity contribution in [2.24, 2.45) is 0 Å². The molecule has 0 saturated carbocycles. The summed E-state index contributed by atoms with van der Waals surface area (Å²) in [6, 6.07) is 1.98. The fourth-order valence-electron chi connectivity index (χ4n) is 1.39. The Morgan fingerprint density at radius 1 is 1.38 bits per heavy atom. The van der Waals surface area contributed by atoms with Gasteiger partial charge in [0.2, 0.25) is 6.29 Å². The number of aliphatic hydroxyl groups excluding tert-OH is 1. The van der Waals surface area contributed by atoms with Crippen molar-refractivity contribution >= 4 is 23.1 Å². The lowest BCUT2D eigenvalue weighted by Gasteiger charge is -2.10. The topological polar surface area (TPSA) is 46.5 Å². The van der Waals surface area contributed by atoms with Gasteiger partial charge in [-0.3, -0.25) is 0 Å². The van der Waals surface area contributed by atoms with Crippen LogP contribution in [0.5, 0.6) is 0 Å². The molecule has 6 heteroatoms. The number of ether oxygens (including phenoxy) is 1. The van der Waals surface area contributed by atoms with E-state index in [9.17, 15) is 18.7 Å². The average Bonchev–Trinajstić information content (AvgIpc) is 2.53. The van der Waals surface area contributed by atoms with Crippen LogP contribution >= 0.6 is 11.6 Å². The van der Waals surface area contributed by atoms with E-state index < -0.39 is 29.5 Å². The average molecular weight is 247 g/mol. The zero-order valence-electron chi connectivity index (χ0n) is 7.71. The van der Waals surface area contributed by atoms with E-state index in [4.69, 9.17) is 11.6 Å². The molecule has 0 spiro atoms. The third-order valence-corrected chi connectivity index (χ3v) is 2.39. The summed E-state index contributed by atoms with van der Waals surface area (Å²) in [5.41, 5.74) is -0.826. The number of halogens is 3. The van der Waals surface area contributed by atoms with Gasteiger partial charge < -0.3 is 9.84 Å². The number of aliphatic hydroxyl groups is 1. The molecule has 0 aliphatic carbocycles. The largest absolute Gasteiger partial charge is 0.428 e. The summed E-state index contributed by atoms with van der Waals surface area (Å²) >= 11 is 5.47. The predicted molar refractivity (Wildman–Crippen MR) is 51.4 cm³/mol. The molecule has 2 rings (SSSR count). The van der Waals surface area contributed by atoms with Gasteiger partial charge in [0.1, 0.15) is 5.82 Å². The lowest BCUT2D eigenvalue weighted by molar-refractivity contribution is -0.149. The van der Waals surface area contributed by atoms with Crippen molar-refractivity contribution in [1.82, 2.24) is 0 Å². The third kappa shape index (κ3) is 1.68. The number of hydrogen-bond acceptors (Lipinski definition) is 3. The zero-order valence-corrected chi connectivity index (χ0v) is 8.46. The number of esters is 1. The summed E-state index contributed by atoms with van der Waals surface area (Å²) < 4.78 is 31.2. The highest BCUT2D eigenvalue weighted by molar-refractivity contribution is 6.31. The van der Waals surface area contributed by atoms with Gasteiger partial charge in [-0.2, -0.15) is 0 Å². The molecule has 84 valence electrons. The van der Waals surface area contributed by atoms with Crippen LogP contribution in [0.3, 0.4) is 0 Å². The van der Waals surface area contributed by atoms with Crippen LogP contribution in [-0.4, -0.2) is 17.4 Å². The summed E-state index contributed by atoms with van der Waals surface area (Å²) in [5.74, 6) is -2.82. The molecule has 1 aliphatic rings. The van der Waals surface area contributed by atoms with Crippen LogP contribution < -0.4 is 0 Å². The molecule has 0 fully saturated rings. The summed E-state index contributed by atoms with van der Waals surface area (Å²) in [4.78, 5) is 10.8. The van der Waals surface area contributed by atoms with Crippen molar-refractivity contribution in [1.29, 1.82) is 0 Å². The Hall–Kier alpha value is -1.46. The van der Waals surface area contributed by atoms with Gasteiger partial charge in [0.15, 0.2) is 5.82 Å². The Kier molecular flexibility index (Phi) is 2.65. The second-order valence-corrected chi connectivity index (χ2v) is 3.51. The predicted octanol–water partition coefficient (Wildman–Crippen LogP) is 1.88. The van der Waals surface area contributed by atoms with E-state index in [1.54, 1.807) is 0 Å². The van der Waals surface area contributed by atoms with E-state index in [2.05, 4.69) is 4.74 Å². The van der Waals surface area contributed by atoms with Gasteiger partial charge in [0.05, 0.1) is 10.6 Å². The van der Waals surface area contributed by atoms with E-state index in [-0.39, 0.29) is 10.6 Å². The molecule has 1 unspecified atom stereocenters. The molecular formula is C10H5ClF2O3. The molecule has 0 aromatic heterocycles. The number of hydrogen-bond donors (Lipinski definition) is 1. The molecule has 1 N–H and O–H groups in total. The molecule has 1 aromatic rings. The number of carbonyl (C=O) groups is 1. The first-order valence-electron chi connectivity index (χ1n) is 4.25. The van der Waals surface area contributed by atoms with Crippen LogP contribution in [0.1, 0.15) is 5.56 Å². The molecule has 0 radical (unpaired) electrons. The summed E-state index contributed by atoms with van der Waals surface area (Å²) in [6.45, 7) is 0. The molecule has 0 bridgehead atoms. The minimum absolute atomic E-state index is 0.275. The first-order valence-corrected chi connectivity index (χ1v) is 4.62. The van der Waals surface area contributed by atoms with Gasteiger partial charge in [0.25, 0.3) is 0 Å². The van der Waals surface area contributed by atoms with Gasteiger partial charge >= 0.3 is 5.97 Å². The van der Waals surface area contributed by atoms with Gasteiger partial charge in [-0.05, 0) is 12.1 Å². The Morgan fingerprint density at radius 3 is 2.62 bits per heavy atom. The first-order chi connectivity index (χ1) is 7.50. The van der Waals surface area contributed by atoms with Gasteiger partial charge in [-0.15, -0.1) is 0 Å². The lowest BCUT2D eigenvalue weighted by atomic mass is 10.0. The van der Waals surface area contributed by atoms with Crippen LogP contribution in [0.15, 0.2) is 18.2 Å². The van der Waals surface area contributed by atoms with Crippen molar-refractivity contribution in [3.8, 4) is 0 Å². The zero-order chi connectivity index (χ0) is 11.9.